The van der Waals surface area contributed by atoms with Gasteiger partial charge in [-0.1, -0.05) is 13.8 Å². The number of carbonyl (C=O) groups is 1. The minimum Gasteiger partial charge on any atom is -0.395 e. The number of hydrogen-bond donors (Lipinski definition) is 2. The van der Waals surface area contributed by atoms with Gasteiger partial charge in [-0.3, -0.25) is 0 Å². The van der Waals surface area contributed by atoms with Crippen LogP contribution in [0.3, 0.4) is 0 Å². The summed E-state index contributed by atoms with van der Waals surface area (Å²) in [6.07, 6.45) is 0.887. The Morgan fingerprint density at radius 2 is 1.74 bits per heavy atom. The van der Waals surface area contributed by atoms with Gasteiger partial charge < -0.3 is 25.1 Å². The molecule has 4 aliphatic rings. The lowest BCUT2D eigenvalue weighted by molar-refractivity contribution is -0.0220. The number of rotatable bonds is 4. The van der Waals surface area contributed by atoms with Crippen LogP contribution in [0.4, 0.5) is 25.0 Å². The van der Waals surface area contributed by atoms with Crippen LogP contribution in [-0.4, -0.2) is 73.9 Å². The van der Waals surface area contributed by atoms with Crippen molar-refractivity contribution in [1.29, 1.82) is 0 Å². The molecule has 4 heterocycles. The number of benzene rings is 1. The summed E-state index contributed by atoms with van der Waals surface area (Å²) in [4.78, 5) is 18.9. The van der Waals surface area contributed by atoms with Gasteiger partial charge >= 0.3 is 6.03 Å². The van der Waals surface area contributed by atoms with Crippen molar-refractivity contribution in [2.45, 2.75) is 45.1 Å². The molecule has 31 heavy (non-hydrogen) atoms. The Hall–Kier alpha value is -2.09. The number of alkyl halides is 2. The van der Waals surface area contributed by atoms with Crippen LogP contribution in [-0.2, 0) is 0 Å². The first kappa shape index (κ1) is 22.1. The van der Waals surface area contributed by atoms with Crippen molar-refractivity contribution in [3.63, 3.8) is 0 Å². The van der Waals surface area contributed by atoms with Crippen molar-refractivity contribution in [2.24, 2.45) is 11.3 Å². The second kappa shape index (κ2) is 8.45. The van der Waals surface area contributed by atoms with Gasteiger partial charge in [0, 0.05) is 63.5 Å². The predicted octanol–water partition coefficient (Wildman–Crippen LogP) is 3.16. The zero-order chi connectivity index (χ0) is 22.2. The van der Waals surface area contributed by atoms with E-state index in [4.69, 9.17) is 5.11 Å². The number of amides is 2. The maximum Gasteiger partial charge on any atom is 0.317 e. The maximum absolute atomic E-state index is 13.5. The molecule has 0 radical (unpaired) electrons. The largest absolute Gasteiger partial charge is 0.395 e. The molecule has 1 unspecified atom stereocenters. The molecule has 2 amide bonds. The van der Waals surface area contributed by atoms with Crippen molar-refractivity contribution in [1.82, 2.24) is 10.2 Å². The lowest BCUT2D eigenvalue weighted by Gasteiger charge is -2.48. The van der Waals surface area contributed by atoms with Gasteiger partial charge in [-0.15, -0.1) is 0 Å². The molecule has 2 atom stereocenters. The number of nitrogens with one attached hydrogen (secondary N) is 1. The number of fused-ring (bicyclic) bond motifs is 4. The third-order valence-corrected chi connectivity index (χ3v) is 7.14. The number of halogens is 2. The third-order valence-electron chi connectivity index (χ3n) is 7.14. The summed E-state index contributed by atoms with van der Waals surface area (Å²) in [7, 11) is 0. The van der Waals surface area contributed by atoms with Crippen LogP contribution in [0.25, 0.3) is 0 Å². The Labute approximate surface area is 183 Å². The molecule has 0 aromatic heterocycles. The number of hydrogen-bond acceptors (Lipinski definition) is 4. The van der Waals surface area contributed by atoms with E-state index < -0.39 is 5.92 Å². The molecule has 2 bridgehead atoms. The fraction of sp³-hybridized carbons (Fsp3) is 0.696. The fourth-order valence-electron chi connectivity index (χ4n) is 5.51. The fourth-order valence-corrected chi connectivity index (χ4v) is 5.51. The molecule has 0 saturated carbocycles. The third kappa shape index (κ3) is 4.73. The molecule has 5 rings (SSSR count). The van der Waals surface area contributed by atoms with Crippen molar-refractivity contribution < 1.29 is 18.7 Å². The number of urea groups is 1. The van der Waals surface area contributed by atoms with E-state index in [-0.39, 0.29) is 43.5 Å². The van der Waals surface area contributed by atoms with Crippen molar-refractivity contribution in [2.75, 3.05) is 55.7 Å². The van der Waals surface area contributed by atoms with Crippen LogP contribution >= 0.6 is 0 Å². The van der Waals surface area contributed by atoms with Crippen LogP contribution in [0, 0.1) is 11.3 Å². The molecule has 4 fully saturated rings. The monoisotopic (exact) mass is 436 g/mol. The Balaban J connectivity index is 1.49. The summed E-state index contributed by atoms with van der Waals surface area (Å²) >= 11 is 0. The quantitative estimate of drug-likeness (QED) is 0.761. The van der Waals surface area contributed by atoms with Gasteiger partial charge in [-0.2, -0.15) is 0 Å². The molecule has 4 aliphatic heterocycles. The van der Waals surface area contributed by atoms with E-state index >= 15 is 0 Å². The number of piperidine rings is 2. The Kier molecular flexibility index (Phi) is 6.03. The summed E-state index contributed by atoms with van der Waals surface area (Å²) in [6.45, 7) is 7.76. The van der Waals surface area contributed by atoms with Gasteiger partial charge in [-0.05, 0) is 42.0 Å². The topological polar surface area (TPSA) is 59.1 Å². The molecular formula is C23H34F2N4O2. The normalized spacial score (nSPS) is 27.2. The zero-order valence-electron chi connectivity index (χ0n) is 18.5. The first-order valence-corrected chi connectivity index (χ1v) is 11.3. The Morgan fingerprint density at radius 1 is 1.10 bits per heavy atom. The Bertz CT molecular complexity index is 776. The van der Waals surface area contributed by atoms with E-state index in [1.807, 2.05) is 21.9 Å². The molecule has 4 saturated heterocycles. The molecule has 0 spiro atoms. The first-order valence-electron chi connectivity index (χ1n) is 11.3. The average molecular weight is 437 g/mol. The molecule has 1 aromatic rings. The molecule has 6 nitrogen and oxygen atoms in total. The van der Waals surface area contributed by atoms with Gasteiger partial charge in [0.25, 0.3) is 5.92 Å². The molecule has 172 valence electrons. The highest BCUT2D eigenvalue weighted by atomic mass is 19.3. The average Bonchev–Trinajstić information content (AvgIpc) is 2.99. The summed E-state index contributed by atoms with van der Waals surface area (Å²) in [5, 5.41) is 11.8. The predicted molar refractivity (Wildman–Crippen MR) is 118 cm³/mol. The van der Waals surface area contributed by atoms with E-state index in [9.17, 15) is 13.6 Å². The summed E-state index contributed by atoms with van der Waals surface area (Å²) < 4.78 is 27.0. The second-order valence-corrected chi connectivity index (χ2v) is 9.95. The van der Waals surface area contributed by atoms with E-state index in [0.717, 1.165) is 24.3 Å². The van der Waals surface area contributed by atoms with Crippen LogP contribution in [0.2, 0.25) is 0 Å². The maximum atomic E-state index is 13.5. The highest BCUT2D eigenvalue weighted by molar-refractivity contribution is 5.74. The molecule has 1 aromatic carbocycles. The van der Waals surface area contributed by atoms with Crippen LogP contribution < -0.4 is 15.1 Å². The lowest BCUT2D eigenvalue weighted by atomic mass is 9.73. The highest BCUT2D eigenvalue weighted by Gasteiger charge is 2.46. The zero-order valence-corrected chi connectivity index (χ0v) is 18.5. The van der Waals surface area contributed by atoms with Crippen molar-refractivity contribution >= 4 is 17.4 Å². The standard InChI is InChI=1S/C23H34F2N4O2/c1-22(2)13-17-14-28(21(31)26-9-12-30)16-20(22)29(15-17)19-5-3-18(4-6-19)27-10-7-23(24,25)8-11-27/h3-6,17,20,30H,7-16H2,1-2H3,(H,26,31)/t17-,20?/m1/s1. The van der Waals surface area contributed by atoms with Gasteiger partial charge in [0.2, 0.25) is 0 Å². The smallest absolute Gasteiger partial charge is 0.317 e. The molecule has 8 heteroatoms. The number of aliphatic hydroxyl groups is 1. The SMILES string of the molecule is CC1(C)C[C@@H]2CN(C(=O)NCCO)CC1N(c1ccc(N3CCC(F)(F)CC3)cc1)C2. The minimum absolute atomic E-state index is 0.0616. The number of nitrogens with zero attached hydrogens (tertiary/aromatic N) is 3. The second-order valence-electron chi connectivity index (χ2n) is 9.95. The van der Waals surface area contributed by atoms with E-state index in [2.05, 4.69) is 36.2 Å². The van der Waals surface area contributed by atoms with Crippen LogP contribution in [0.15, 0.2) is 24.3 Å². The van der Waals surface area contributed by atoms with E-state index in [1.54, 1.807) is 0 Å². The van der Waals surface area contributed by atoms with Crippen LogP contribution in [0.5, 0.6) is 0 Å². The summed E-state index contributed by atoms with van der Waals surface area (Å²) in [5.74, 6) is -2.17. The van der Waals surface area contributed by atoms with Gasteiger partial charge in [0.05, 0.1) is 12.6 Å². The van der Waals surface area contributed by atoms with Crippen LogP contribution in [0.1, 0.15) is 33.1 Å². The van der Waals surface area contributed by atoms with E-state index in [1.165, 1.54) is 0 Å². The number of carbonyl (C=O) groups excluding carboxylic acids is 1. The highest BCUT2D eigenvalue weighted by Crippen LogP contribution is 2.43. The summed E-state index contributed by atoms with van der Waals surface area (Å²) in [5.41, 5.74) is 2.17. The Morgan fingerprint density at radius 3 is 2.39 bits per heavy atom. The number of aliphatic hydroxyl groups excluding tert-OH is 1. The van der Waals surface area contributed by atoms with Gasteiger partial charge in [0.15, 0.2) is 0 Å². The van der Waals surface area contributed by atoms with E-state index in [0.29, 0.717) is 32.1 Å². The minimum atomic E-state index is -2.54. The van der Waals surface area contributed by atoms with Gasteiger partial charge in [0.1, 0.15) is 0 Å². The lowest BCUT2D eigenvalue weighted by Crippen LogP contribution is -2.54. The molecule has 0 aliphatic carbocycles. The number of anilines is 2. The molecule has 2 N–H and O–H groups in total. The summed E-state index contributed by atoms with van der Waals surface area (Å²) in [6, 6.07) is 8.34. The van der Waals surface area contributed by atoms with Crippen molar-refractivity contribution in [3.8, 4) is 0 Å². The van der Waals surface area contributed by atoms with Gasteiger partial charge in [-0.25, -0.2) is 13.6 Å². The van der Waals surface area contributed by atoms with Crippen molar-refractivity contribution in [3.05, 3.63) is 24.3 Å². The molecular weight excluding hydrogens is 402 g/mol. The first-order chi connectivity index (χ1) is 14.7.